The molecule has 0 bridgehead atoms. The second-order valence-electron chi connectivity index (χ2n) is 9.71. The molecule has 2 aliphatic rings. The van der Waals surface area contributed by atoms with E-state index in [0.717, 1.165) is 50.0 Å². The highest BCUT2D eigenvalue weighted by Gasteiger charge is 2.42. The number of fused-ring (bicyclic) bond motifs is 1. The number of nitriles is 1. The Balaban J connectivity index is 1.47. The first-order valence-electron chi connectivity index (χ1n) is 12.4. The lowest BCUT2D eigenvalue weighted by atomic mass is 9.63. The number of benzene rings is 1. The van der Waals surface area contributed by atoms with Crippen LogP contribution in [0.1, 0.15) is 76.1 Å². The van der Waals surface area contributed by atoms with Crippen LogP contribution >= 0.6 is 0 Å². The maximum absolute atomic E-state index is 10.8. The molecule has 9 heteroatoms. The van der Waals surface area contributed by atoms with Crippen LogP contribution in [0, 0.1) is 23.2 Å². The van der Waals surface area contributed by atoms with Gasteiger partial charge in [0.05, 0.1) is 11.7 Å². The van der Waals surface area contributed by atoms with Gasteiger partial charge in [0.2, 0.25) is 0 Å². The molecule has 1 aromatic carbocycles. The SMILES string of the molecule is CC(C)Oc1ccc(-c2nc([C@@H]3CCC[C@@H]4[C@H]3CCC[C@H]4NCCC[SH](=O)=O)no2)cc1C#N. The average molecular weight is 487 g/mol. The molecule has 1 heterocycles. The van der Waals surface area contributed by atoms with Gasteiger partial charge in [0, 0.05) is 23.3 Å². The Kier molecular flexibility index (Phi) is 8.22. The molecule has 2 aromatic rings. The Morgan fingerprint density at radius 2 is 2.00 bits per heavy atom. The number of aromatic nitrogens is 2. The summed E-state index contributed by atoms with van der Waals surface area (Å²) in [6, 6.07) is 8.00. The minimum Gasteiger partial charge on any atom is -0.490 e. The van der Waals surface area contributed by atoms with Gasteiger partial charge in [-0.05, 0) is 82.5 Å². The van der Waals surface area contributed by atoms with E-state index in [9.17, 15) is 13.7 Å². The van der Waals surface area contributed by atoms with Crippen LogP contribution in [-0.2, 0) is 10.7 Å². The summed E-state index contributed by atoms with van der Waals surface area (Å²) in [6.45, 7) is 4.60. The molecule has 1 aromatic heterocycles. The molecule has 0 aliphatic heterocycles. The molecule has 4 atom stereocenters. The Bertz CT molecular complexity index is 1080. The Hall–Kier alpha value is -2.44. The monoisotopic (exact) mass is 486 g/mol. The number of nitrogens with zero attached hydrogens (tertiary/aromatic N) is 3. The van der Waals surface area contributed by atoms with Crippen LogP contribution in [0.5, 0.6) is 5.75 Å². The van der Waals surface area contributed by atoms with Crippen LogP contribution in [0.25, 0.3) is 11.5 Å². The molecule has 34 heavy (non-hydrogen) atoms. The molecular weight excluding hydrogens is 452 g/mol. The lowest BCUT2D eigenvalue weighted by Crippen LogP contribution is -2.46. The lowest BCUT2D eigenvalue weighted by Gasteiger charge is -2.45. The summed E-state index contributed by atoms with van der Waals surface area (Å²) in [5.74, 6) is 3.30. The molecule has 8 nitrogen and oxygen atoms in total. The van der Waals surface area contributed by atoms with Crippen molar-refractivity contribution in [3.63, 3.8) is 0 Å². The van der Waals surface area contributed by atoms with Crippen LogP contribution in [0.15, 0.2) is 22.7 Å². The fraction of sp³-hybridized carbons (Fsp3) is 0.640. The van der Waals surface area contributed by atoms with Crippen molar-refractivity contribution in [2.24, 2.45) is 11.8 Å². The maximum Gasteiger partial charge on any atom is 0.257 e. The third kappa shape index (κ3) is 5.78. The van der Waals surface area contributed by atoms with Gasteiger partial charge in [-0.25, -0.2) is 8.42 Å². The van der Waals surface area contributed by atoms with Crippen molar-refractivity contribution in [1.29, 1.82) is 5.26 Å². The molecule has 1 N–H and O–H groups in total. The highest BCUT2D eigenvalue weighted by atomic mass is 32.2. The van der Waals surface area contributed by atoms with Gasteiger partial charge < -0.3 is 14.6 Å². The van der Waals surface area contributed by atoms with Gasteiger partial charge in [-0.1, -0.05) is 18.0 Å². The number of hydrogen-bond donors (Lipinski definition) is 2. The second kappa shape index (κ2) is 11.3. The molecule has 2 saturated carbocycles. The van der Waals surface area contributed by atoms with Crippen LogP contribution in [-0.4, -0.2) is 43.0 Å². The molecule has 2 aliphatic carbocycles. The van der Waals surface area contributed by atoms with Crippen molar-refractivity contribution in [1.82, 2.24) is 15.5 Å². The van der Waals surface area contributed by atoms with E-state index in [0.29, 0.717) is 41.5 Å². The van der Waals surface area contributed by atoms with Gasteiger partial charge in [0.15, 0.2) is 5.82 Å². The van der Waals surface area contributed by atoms with Crippen molar-refractivity contribution in [2.75, 3.05) is 12.3 Å². The van der Waals surface area contributed by atoms with Gasteiger partial charge in [0.1, 0.15) is 22.5 Å². The first kappa shape index (κ1) is 24.7. The molecule has 0 spiro atoms. The van der Waals surface area contributed by atoms with Gasteiger partial charge >= 0.3 is 0 Å². The maximum atomic E-state index is 10.8. The van der Waals surface area contributed by atoms with Crippen molar-refractivity contribution >= 4 is 10.7 Å². The molecule has 0 unspecified atom stereocenters. The van der Waals surface area contributed by atoms with E-state index in [4.69, 9.17) is 14.2 Å². The summed E-state index contributed by atoms with van der Waals surface area (Å²) >= 11 is 0. The van der Waals surface area contributed by atoms with Crippen molar-refractivity contribution in [3.05, 3.63) is 29.6 Å². The molecule has 0 radical (unpaired) electrons. The van der Waals surface area contributed by atoms with E-state index in [1.165, 1.54) is 6.42 Å². The van der Waals surface area contributed by atoms with Crippen LogP contribution < -0.4 is 10.1 Å². The smallest absolute Gasteiger partial charge is 0.257 e. The number of nitrogens with one attached hydrogen (secondary N) is 1. The summed E-state index contributed by atoms with van der Waals surface area (Å²) < 4.78 is 33.1. The first-order valence-corrected chi connectivity index (χ1v) is 13.7. The molecule has 0 amide bonds. The number of thiol groups is 1. The number of ether oxygens (including phenoxy) is 1. The van der Waals surface area contributed by atoms with Crippen LogP contribution in [0.4, 0.5) is 0 Å². The quantitative estimate of drug-likeness (QED) is 0.403. The van der Waals surface area contributed by atoms with Gasteiger partial charge in [0.25, 0.3) is 5.89 Å². The highest BCUT2D eigenvalue weighted by molar-refractivity contribution is 7.72. The molecule has 2 fully saturated rings. The van der Waals surface area contributed by atoms with Crippen molar-refractivity contribution in [3.8, 4) is 23.3 Å². The van der Waals surface area contributed by atoms with E-state index < -0.39 is 10.7 Å². The second-order valence-corrected chi connectivity index (χ2v) is 10.8. The lowest BCUT2D eigenvalue weighted by molar-refractivity contribution is 0.101. The Morgan fingerprint density at radius 3 is 2.76 bits per heavy atom. The Morgan fingerprint density at radius 1 is 1.21 bits per heavy atom. The van der Waals surface area contributed by atoms with Gasteiger partial charge in [-0.15, -0.1) is 0 Å². The summed E-state index contributed by atoms with van der Waals surface area (Å²) in [6.07, 6.45) is 7.45. The fourth-order valence-corrected chi connectivity index (χ4v) is 6.10. The van der Waals surface area contributed by atoms with E-state index in [2.05, 4.69) is 16.5 Å². The van der Waals surface area contributed by atoms with Crippen LogP contribution in [0.2, 0.25) is 0 Å². The zero-order chi connectivity index (χ0) is 24.1. The molecule has 184 valence electrons. The number of rotatable bonds is 9. The summed E-state index contributed by atoms with van der Waals surface area (Å²) in [5.41, 5.74) is 1.17. The predicted octanol–water partition coefficient (Wildman–Crippen LogP) is 4.04. The number of hydrogen-bond acceptors (Lipinski definition) is 8. The standard InChI is InChI=1S/C25H34N4O4S/c1-16(2)32-23-11-10-17(14-18(23)15-26)25-28-24(29-33-25)21-8-3-7-20-19(21)6-4-9-22(20)27-12-5-13-34(30)31/h10-11,14,16,19-22,27,34H,3-9,12-13H2,1-2H3/t19-,20-,21-,22-/m1/s1. The van der Waals surface area contributed by atoms with Gasteiger partial charge in [-0.2, -0.15) is 10.2 Å². The van der Waals surface area contributed by atoms with Crippen molar-refractivity contribution < 1.29 is 17.7 Å². The fourth-order valence-electron chi connectivity index (χ4n) is 5.68. The summed E-state index contributed by atoms with van der Waals surface area (Å²) in [5, 5.41) is 17.5. The van der Waals surface area contributed by atoms with Crippen LogP contribution in [0.3, 0.4) is 0 Å². The largest absolute Gasteiger partial charge is 0.490 e. The predicted molar refractivity (Wildman–Crippen MR) is 129 cm³/mol. The van der Waals surface area contributed by atoms with Gasteiger partial charge in [-0.3, -0.25) is 0 Å². The summed E-state index contributed by atoms with van der Waals surface area (Å²) in [7, 11) is -2.30. The van der Waals surface area contributed by atoms with Crippen molar-refractivity contribution in [2.45, 2.75) is 76.9 Å². The summed E-state index contributed by atoms with van der Waals surface area (Å²) in [4.78, 5) is 4.77. The average Bonchev–Trinajstić information content (AvgIpc) is 3.31. The zero-order valence-electron chi connectivity index (χ0n) is 19.9. The van der Waals surface area contributed by atoms with E-state index in [1.54, 1.807) is 12.1 Å². The Labute approximate surface area is 203 Å². The first-order chi connectivity index (χ1) is 16.5. The minimum atomic E-state index is -2.30. The third-order valence-corrected chi connectivity index (χ3v) is 7.78. The normalized spacial score (nSPS) is 24.7. The minimum absolute atomic E-state index is 0.0165. The highest BCUT2D eigenvalue weighted by Crippen LogP contribution is 2.47. The van der Waals surface area contributed by atoms with E-state index in [-0.39, 0.29) is 17.8 Å². The topological polar surface area (TPSA) is 118 Å². The molecule has 0 saturated heterocycles. The van der Waals surface area contributed by atoms with E-state index in [1.807, 2.05) is 19.9 Å². The molecular formula is C25H34N4O4S. The molecule has 4 rings (SSSR count). The van der Waals surface area contributed by atoms with E-state index >= 15 is 0 Å². The zero-order valence-corrected chi connectivity index (χ0v) is 20.8. The third-order valence-electron chi connectivity index (χ3n) is 7.10.